The summed E-state index contributed by atoms with van der Waals surface area (Å²) in [6.07, 6.45) is 1.40. The molecule has 1 saturated heterocycles. The Labute approximate surface area is 200 Å². The summed E-state index contributed by atoms with van der Waals surface area (Å²) in [6, 6.07) is 9.36. The molecule has 172 valence electrons. The summed E-state index contributed by atoms with van der Waals surface area (Å²) in [6.45, 7) is 4.99. The zero-order chi connectivity index (χ0) is 23.8. The molecule has 0 bridgehead atoms. The molecule has 0 atom stereocenters. The molecule has 3 heterocycles. The van der Waals surface area contributed by atoms with Crippen LogP contribution in [0.1, 0.15) is 41.3 Å². The lowest BCUT2D eigenvalue weighted by Crippen LogP contribution is -2.65. The molecular weight excluding hydrogens is 462 g/mol. The maximum atomic E-state index is 13.8. The number of nitrogens with one attached hydrogen (secondary N) is 2. The molecule has 2 amide bonds. The van der Waals surface area contributed by atoms with Gasteiger partial charge in [0.1, 0.15) is 10.6 Å². The van der Waals surface area contributed by atoms with Crippen molar-refractivity contribution in [2.45, 2.75) is 25.2 Å². The van der Waals surface area contributed by atoms with Crippen LogP contribution >= 0.6 is 22.9 Å². The fourth-order valence-corrected chi connectivity index (χ4v) is 4.83. The van der Waals surface area contributed by atoms with Crippen molar-refractivity contribution in [1.29, 1.82) is 0 Å². The zero-order valence-electron chi connectivity index (χ0n) is 18.4. The molecule has 0 spiro atoms. The average Bonchev–Trinajstić information content (AvgIpc) is 3.19. The van der Waals surface area contributed by atoms with Gasteiger partial charge in [0.15, 0.2) is 0 Å². The van der Waals surface area contributed by atoms with Crippen molar-refractivity contribution in [3.05, 3.63) is 58.4 Å². The second kappa shape index (κ2) is 8.95. The van der Waals surface area contributed by atoms with E-state index in [4.69, 9.17) is 17.3 Å². The van der Waals surface area contributed by atoms with Crippen LogP contribution in [0.5, 0.6) is 0 Å². The van der Waals surface area contributed by atoms with Crippen molar-refractivity contribution in [3.8, 4) is 0 Å². The van der Waals surface area contributed by atoms with E-state index in [1.807, 2.05) is 29.2 Å². The van der Waals surface area contributed by atoms with Crippen LogP contribution in [0.4, 0.5) is 16.0 Å². The molecule has 0 aliphatic carbocycles. The molecule has 9 nitrogen and oxygen atoms in total. The van der Waals surface area contributed by atoms with E-state index >= 15 is 0 Å². The van der Waals surface area contributed by atoms with Crippen LogP contribution in [-0.2, 0) is 10.2 Å². The first-order chi connectivity index (χ1) is 15.7. The fraction of sp³-hybridized carbons (Fsp3) is 0.318. The quantitative estimate of drug-likeness (QED) is 0.458. The van der Waals surface area contributed by atoms with Crippen LogP contribution in [0.15, 0.2) is 36.5 Å². The number of anilines is 3. The minimum absolute atomic E-state index is 0.162. The third kappa shape index (κ3) is 4.23. The number of pyridine rings is 1. The van der Waals surface area contributed by atoms with Gasteiger partial charge in [-0.15, -0.1) is 10.2 Å². The number of nitrogen functional groups attached to an aromatic ring is 1. The Kier molecular flexibility index (Phi) is 6.22. The Morgan fingerprint density at radius 2 is 1.97 bits per heavy atom. The van der Waals surface area contributed by atoms with E-state index in [1.165, 1.54) is 30.6 Å². The van der Waals surface area contributed by atoms with Crippen molar-refractivity contribution in [1.82, 2.24) is 20.5 Å². The average molecular weight is 486 g/mol. The minimum atomic E-state index is -0.860. The Bertz CT molecular complexity index is 1210. The Balaban J connectivity index is 1.73. The molecule has 4 N–H and O–H groups in total. The van der Waals surface area contributed by atoms with Crippen LogP contribution in [0.2, 0.25) is 5.15 Å². The number of nitrogens with two attached hydrogens (primary N) is 1. The first-order valence-corrected chi connectivity index (χ1v) is 11.6. The largest absolute Gasteiger partial charge is 0.374 e. The third-order valence-electron chi connectivity index (χ3n) is 5.75. The number of halogens is 1. The lowest BCUT2D eigenvalue weighted by atomic mass is 9.70. The molecule has 0 unspecified atom stereocenters. The van der Waals surface area contributed by atoms with Gasteiger partial charge in [-0.1, -0.05) is 61.1 Å². The monoisotopic (exact) mass is 485 g/mol. The highest BCUT2D eigenvalue weighted by molar-refractivity contribution is 7.18. The van der Waals surface area contributed by atoms with Gasteiger partial charge in [-0.05, 0) is 23.1 Å². The Morgan fingerprint density at radius 3 is 2.61 bits per heavy atom. The predicted molar refractivity (Wildman–Crippen MR) is 130 cm³/mol. The molecular formula is C22H24ClN7O2S. The number of benzene rings is 1. The van der Waals surface area contributed by atoms with Gasteiger partial charge < -0.3 is 21.3 Å². The summed E-state index contributed by atoms with van der Waals surface area (Å²) in [5, 5.41) is 14.7. The highest BCUT2D eigenvalue weighted by Gasteiger charge is 2.53. The maximum absolute atomic E-state index is 13.8. The Morgan fingerprint density at radius 1 is 1.24 bits per heavy atom. The van der Waals surface area contributed by atoms with Crippen molar-refractivity contribution < 1.29 is 9.59 Å². The molecule has 1 aliphatic heterocycles. The standard InChI is InChI=1S/C22H24ClN7O2S/c1-12(2)13-6-4-5-7-15(13)22(10-30(11-22)21-29-28-20(24)33-21)19(32)27-16-9-26-17(23)8-14(16)18(31)25-3/h4-9,12H,10-11H2,1-3H3,(H2,24,28)(H,25,31)(H,27,32). The van der Waals surface area contributed by atoms with Crippen molar-refractivity contribution in [2.24, 2.45) is 0 Å². The van der Waals surface area contributed by atoms with Gasteiger partial charge in [-0.2, -0.15) is 0 Å². The third-order valence-corrected chi connectivity index (χ3v) is 6.77. The van der Waals surface area contributed by atoms with Gasteiger partial charge in [0.25, 0.3) is 5.91 Å². The summed E-state index contributed by atoms with van der Waals surface area (Å²) in [5.74, 6) is -0.389. The number of amides is 2. The van der Waals surface area contributed by atoms with Crippen molar-refractivity contribution >= 4 is 50.7 Å². The van der Waals surface area contributed by atoms with Crippen LogP contribution in [0.3, 0.4) is 0 Å². The van der Waals surface area contributed by atoms with Crippen LogP contribution < -0.4 is 21.3 Å². The van der Waals surface area contributed by atoms with Gasteiger partial charge >= 0.3 is 0 Å². The van der Waals surface area contributed by atoms with Crippen molar-refractivity contribution in [3.63, 3.8) is 0 Å². The minimum Gasteiger partial charge on any atom is -0.374 e. The topological polar surface area (TPSA) is 126 Å². The molecule has 0 radical (unpaired) electrons. The van der Waals surface area contributed by atoms with Crippen LogP contribution in [0, 0.1) is 0 Å². The molecule has 1 aromatic carbocycles. The van der Waals surface area contributed by atoms with E-state index in [9.17, 15) is 9.59 Å². The maximum Gasteiger partial charge on any atom is 0.253 e. The molecule has 1 aliphatic rings. The van der Waals surface area contributed by atoms with E-state index in [0.29, 0.717) is 29.0 Å². The predicted octanol–water partition coefficient (Wildman–Crippen LogP) is 3.05. The van der Waals surface area contributed by atoms with Crippen LogP contribution in [0.25, 0.3) is 0 Å². The normalized spacial score (nSPS) is 14.6. The summed E-state index contributed by atoms with van der Waals surface area (Å²) < 4.78 is 0. The lowest BCUT2D eigenvalue weighted by Gasteiger charge is -2.49. The molecule has 33 heavy (non-hydrogen) atoms. The van der Waals surface area contributed by atoms with Gasteiger partial charge in [0.05, 0.1) is 17.4 Å². The number of carbonyl (C=O) groups is 2. The smallest absolute Gasteiger partial charge is 0.253 e. The molecule has 4 rings (SSSR count). The van der Waals surface area contributed by atoms with Gasteiger partial charge in [-0.3, -0.25) is 9.59 Å². The first kappa shape index (κ1) is 22.9. The Hall–Kier alpha value is -3.24. The summed E-state index contributed by atoms with van der Waals surface area (Å²) >= 11 is 7.27. The van der Waals surface area contributed by atoms with E-state index in [1.54, 1.807) is 0 Å². The summed E-state index contributed by atoms with van der Waals surface area (Å²) in [4.78, 5) is 32.2. The number of aromatic nitrogens is 3. The van der Waals surface area contributed by atoms with Crippen molar-refractivity contribution in [2.75, 3.05) is 36.1 Å². The lowest BCUT2D eigenvalue weighted by molar-refractivity contribution is -0.122. The SMILES string of the molecule is CNC(=O)c1cc(Cl)ncc1NC(=O)C1(c2ccccc2C(C)C)CN(c2nnc(N)s2)C1. The molecule has 11 heteroatoms. The van der Waals surface area contributed by atoms with Gasteiger partial charge in [0, 0.05) is 20.1 Å². The van der Waals surface area contributed by atoms with Gasteiger partial charge in [-0.25, -0.2) is 4.98 Å². The van der Waals surface area contributed by atoms with E-state index in [2.05, 4.69) is 39.7 Å². The zero-order valence-corrected chi connectivity index (χ0v) is 20.0. The molecule has 1 fully saturated rings. The number of rotatable bonds is 6. The van der Waals surface area contributed by atoms with Crippen LogP contribution in [-0.4, -0.2) is 47.1 Å². The molecule has 0 saturated carbocycles. The summed E-state index contributed by atoms with van der Waals surface area (Å²) in [7, 11) is 1.51. The molecule has 2 aromatic heterocycles. The number of carbonyl (C=O) groups excluding carboxylic acids is 2. The second-order valence-electron chi connectivity index (χ2n) is 8.19. The van der Waals surface area contributed by atoms with Gasteiger partial charge in [0.2, 0.25) is 16.2 Å². The number of nitrogens with zero attached hydrogens (tertiary/aromatic N) is 4. The van der Waals surface area contributed by atoms with E-state index < -0.39 is 5.41 Å². The van der Waals surface area contributed by atoms with E-state index in [0.717, 1.165) is 11.1 Å². The van der Waals surface area contributed by atoms with E-state index in [-0.39, 0.29) is 28.4 Å². The number of hydrogen-bond acceptors (Lipinski definition) is 8. The second-order valence-corrected chi connectivity index (χ2v) is 9.56. The fourth-order valence-electron chi connectivity index (χ4n) is 4.06. The first-order valence-electron chi connectivity index (χ1n) is 10.4. The highest BCUT2D eigenvalue weighted by atomic mass is 35.5. The molecule has 3 aromatic rings. The summed E-state index contributed by atoms with van der Waals surface area (Å²) in [5.41, 5.74) is 7.46. The number of hydrogen-bond donors (Lipinski definition) is 3. The highest BCUT2D eigenvalue weighted by Crippen LogP contribution is 2.42.